The summed E-state index contributed by atoms with van der Waals surface area (Å²) in [6.45, 7) is 6.96. The van der Waals surface area contributed by atoms with Crippen molar-refractivity contribution in [2.24, 2.45) is 0 Å². The van der Waals surface area contributed by atoms with Gasteiger partial charge in [0.25, 0.3) is 0 Å². The predicted molar refractivity (Wildman–Crippen MR) is 66.9 cm³/mol. The van der Waals surface area contributed by atoms with E-state index in [0.717, 1.165) is 30.0 Å². The second-order valence-electron chi connectivity index (χ2n) is 3.74. The molecule has 2 aromatic rings. The SMILES string of the molecule is CCc1ncc(CNc2c(C)n[nH]c2C)s1. The van der Waals surface area contributed by atoms with Crippen LogP contribution in [0.1, 0.15) is 28.2 Å². The van der Waals surface area contributed by atoms with Gasteiger partial charge in [-0.25, -0.2) is 4.98 Å². The van der Waals surface area contributed by atoms with Crippen LogP contribution in [0.3, 0.4) is 0 Å². The number of aryl methyl sites for hydroxylation is 3. The van der Waals surface area contributed by atoms with Gasteiger partial charge in [-0.2, -0.15) is 5.10 Å². The highest BCUT2D eigenvalue weighted by Crippen LogP contribution is 2.19. The van der Waals surface area contributed by atoms with Gasteiger partial charge in [0.15, 0.2) is 0 Å². The Bertz CT molecular complexity index is 453. The quantitative estimate of drug-likeness (QED) is 0.858. The van der Waals surface area contributed by atoms with Crippen LogP contribution < -0.4 is 5.32 Å². The van der Waals surface area contributed by atoms with Crippen molar-refractivity contribution < 1.29 is 0 Å². The van der Waals surface area contributed by atoms with Gasteiger partial charge in [0.2, 0.25) is 0 Å². The van der Waals surface area contributed by atoms with Gasteiger partial charge in [-0.05, 0) is 20.3 Å². The van der Waals surface area contributed by atoms with Crippen LogP contribution >= 0.6 is 11.3 Å². The predicted octanol–water partition coefficient (Wildman–Crippen LogP) is 2.66. The van der Waals surface area contributed by atoms with E-state index in [1.165, 1.54) is 9.88 Å². The first-order valence-corrected chi connectivity index (χ1v) is 6.21. The largest absolute Gasteiger partial charge is 0.377 e. The van der Waals surface area contributed by atoms with Crippen molar-refractivity contribution in [1.29, 1.82) is 0 Å². The Morgan fingerprint density at radius 3 is 2.81 bits per heavy atom. The highest BCUT2D eigenvalue weighted by molar-refractivity contribution is 7.11. The molecule has 0 radical (unpaired) electrons. The molecule has 0 fully saturated rings. The van der Waals surface area contributed by atoms with Gasteiger partial charge in [-0.1, -0.05) is 6.92 Å². The molecule has 2 N–H and O–H groups in total. The normalized spacial score (nSPS) is 10.7. The highest BCUT2D eigenvalue weighted by atomic mass is 32.1. The molecule has 0 aliphatic heterocycles. The lowest BCUT2D eigenvalue weighted by Crippen LogP contribution is -1.99. The van der Waals surface area contributed by atoms with Crippen LogP contribution in [-0.2, 0) is 13.0 Å². The van der Waals surface area contributed by atoms with Crippen LogP contribution in [0.2, 0.25) is 0 Å². The molecule has 0 spiro atoms. The molecule has 86 valence electrons. The van der Waals surface area contributed by atoms with E-state index in [9.17, 15) is 0 Å². The zero-order valence-electron chi connectivity index (χ0n) is 9.79. The minimum atomic E-state index is 0.818. The first-order valence-electron chi connectivity index (χ1n) is 5.39. The fourth-order valence-electron chi connectivity index (χ4n) is 1.58. The number of aromatic amines is 1. The minimum absolute atomic E-state index is 0.818. The number of nitrogens with zero attached hydrogens (tertiary/aromatic N) is 2. The summed E-state index contributed by atoms with van der Waals surface area (Å²) in [6.07, 6.45) is 2.95. The summed E-state index contributed by atoms with van der Waals surface area (Å²) in [5, 5.41) is 11.7. The number of hydrogen-bond donors (Lipinski definition) is 2. The Balaban J connectivity index is 2.02. The summed E-state index contributed by atoms with van der Waals surface area (Å²) in [6, 6.07) is 0. The van der Waals surface area contributed by atoms with E-state index in [1.54, 1.807) is 11.3 Å². The van der Waals surface area contributed by atoms with Crippen molar-refractivity contribution in [2.45, 2.75) is 33.7 Å². The van der Waals surface area contributed by atoms with Crippen molar-refractivity contribution >= 4 is 17.0 Å². The van der Waals surface area contributed by atoms with Gasteiger partial charge < -0.3 is 5.32 Å². The fraction of sp³-hybridized carbons (Fsp3) is 0.455. The van der Waals surface area contributed by atoms with Gasteiger partial charge in [-0.3, -0.25) is 5.10 Å². The first-order chi connectivity index (χ1) is 7.70. The summed E-state index contributed by atoms with van der Waals surface area (Å²) >= 11 is 1.76. The van der Waals surface area contributed by atoms with Gasteiger partial charge in [0.05, 0.1) is 28.6 Å². The number of anilines is 1. The maximum atomic E-state index is 4.33. The topological polar surface area (TPSA) is 53.6 Å². The summed E-state index contributed by atoms with van der Waals surface area (Å²) < 4.78 is 0. The van der Waals surface area contributed by atoms with Gasteiger partial charge in [0, 0.05) is 11.1 Å². The summed E-state index contributed by atoms with van der Waals surface area (Å²) in [5.74, 6) is 0. The molecule has 0 unspecified atom stereocenters. The van der Waals surface area contributed by atoms with Crippen molar-refractivity contribution in [1.82, 2.24) is 15.2 Å². The van der Waals surface area contributed by atoms with Crippen LogP contribution in [0.4, 0.5) is 5.69 Å². The Labute approximate surface area is 99.1 Å². The number of thiazole rings is 1. The van der Waals surface area contributed by atoms with Crippen LogP contribution in [0.5, 0.6) is 0 Å². The number of H-pyrrole nitrogens is 1. The Morgan fingerprint density at radius 2 is 2.25 bits per heavy atom. The molecule has 2 rings (SSSR count). The Hall–Kier alpha value is -1.36. The molecule has 0 bridgehead atoms. The van der Waals surface area contributed by atoms with E-state index < -0.39 is 0 Å². The minimum Gasteiger partial charge on any atom is -0.377 e. The molecular formula is C11H16N4S. The molecule has 2 heterocycles. The third kappa shape index (κ3) is 2.24. The zero-order valence-corrected chi connectivity index (χ0v) is 10.6. The Morgan fingerprint density at radius 1 is 1.44 bits per heavy atom. The zero-order chi connectivity index (χ0) is 11.5. The van der Waals surface area contributed by atoms with E-state index in [0.29, 0.717) is 0 Å². The molecule has 2 aromatic heterocycles. The lowest BCUT2D eigenvalue weighted by Gasteiger charge is -2.03. The number of rotatable bonds is 4. The van der Waals surface area contributed by atoms with Crippen molar-refractivity contribution in [3.8, 4) is 0 Å². The maximum absolute atomic E-state index is 4.33. The molecule has 4 nitrogen and oxygen atoms in total. The van der Waals surface area contributed by atoms with Crippen molar-refractivity contribution in [2.75, 3.05) is 5.32 Å². The maximum Gasteiger partial charge on any atom is 0.0925 e. The molecule has 0 aromatic carbocycles. The molecule has 0 atom stereocenters. The lowest BCUT2D eigenvalue weighted by molar-refractivity contribution is 1.02. The standard InChI is InChI=1S/C11H16N4S/c1-4-10-12-5-9(16-10)6-13-11-7(2)14-15-8(11)3/h5,13H,4,6H2,1-3H3,(H,14,15). The van der Waals surface area contributed by atoms with Gasteiger partial charge >= 0.3 is 0 Å². The number of nitrogens with one attached hydrogen (secondary N) is 2. The molecule has 0 saturated carbocycles. The monoisotopic (exact) mass is 236 g/mol. The highest BCUT2D eigenvalue weighted by Gasteiger charge is 2.06. The van der Waals surface area contributed by atoms with Gasteiger partial charge in [-0.15, -0.1) is 11.3 Å². The van der Waals surface area contributed by atoms with Crippen LogP contribution in [0.25, 0.3) is 0 Å². The molecule has 16 heavy (non-hydrogen) atoms. The molecular weight excluding hydrogens is 220 g/mol. The number of aromatic nitrogens is 3. The van der Waals surface area contributed by atoms with E-state index in [-0.39, 0.29) is 0 Å². The van der Waals surface area contributed by atoms with Gasteiger partial charge in [0.1, 0.15) is 0 Å². The molecule has 5 heteroatoms. The molecule has 0 amide bonds. The average Bonchev–Trinajstić information content (AvgIpc) is 2.85. The van der Waals surface area contributed by atoms with E-state index in [2.05, 4.69) is 27.4 Å². The smallest absolute Gasteiger partial charge is 0.0925 e. The molecule has 0 saturated heterocycles. The van der Waals surface area contributed by atoms with Crippen LogP contribution in [0, 0.1) is 13.8 Å². The molecule has 0 aliphatic rings. The fourth-order valence-corrected chi connectivity index (χ4v) is 2.38. The number of hydrogen-bond acceptors (Lipinski definition) is 4. The average molecular weight is 236 g/mol. The Kier molecular flexibility index (Phi) is 3.24. The lowest BCUT2D eigenvalue weighted by atomic mass is 10.3. The summed E-state index contributed by atoms with van der Waals surface area (Å²) in [4.78, 5) is 5.60. The van der Waals surface area contributed by atoms with Crippen molar-refractivity contribution in [3.63, 3.8) is 0 Å². The summed E-state index contributed by atoms with van der Waals surface area (Å²) in [7, 11) is 0. The second kappa shape index (κ2) is 4.65. The van der Waals surface area contributed by atoms with E-state index in [1.807, 2.05) is 20.0 Å². The van der Waals surface area contributed by atoms with Crippen molar-refractivity contribution in [3.05, 3.63) is 27.5 Å². The van der Waals surface area contributed by atoms with Crippen LogP contribution in [0.15, 0.2) is 6.20 Å². The van der Waals surface area contributed by atoms with E-state index >= 15 is 0 Å². The summed E-state index contributed by atoms with van der Waals surface area (Å²) in [5.41, 5.74) is 3.20. The van der Waals surface area contributed by atoms with Crippen LogP contribution in [-0.4, -0.2) is 15.2 Å². The van der Waals surface area contributed by atoms with E-state index in [4.69, 9.17) is 0 Å². The second-order valence-corrected chi connectivity index (χ2v) is 4.94. The third-order valence-electron chi connectivity index (χ3n) is 2.47. The first kappa shape index (κ1) is 11.1. The molecule has 0 aliphatic carbocycles. The third-order valence-corrected chi connectivity index (χ3v) is 3.61.